The summed E-state index contributed by atoms with van der Waals surface area (Å²) < 4.78 is 5.30. The molecular formula is C18H21N3O3. The van der Waals surface area contributed by atoms with E-state index in [-0.39, 0.29) is 18.4 Å². The lowest BCUT2D eigenvalue weighted by Gasteiger charge is -2.32. The molecule has 24 heavy (non-hydrogen) atoms. The summed E-state index contributed by atoms with van der Waals surface area (Å²) >= 11 is 0. The number of carbonyl (C=O) groups excluding carboxylic acids is 1. The summed E-state index contributed by atoms with van der Waals surface area (Å²) in [4.78, 5) is 19.0. The number of piperidine rings is 1. The second-order valence-corrected chi connectivity index (χ2v) is 6.75. The van der Waals surface area contributed by atoms with Gasteiger partial charge in [-0.15, -0.1) is 0 Å². The number of hydrogen-bond acceptors (Lipinski definition) is 5. The van der Waals surface area contributed by atoms with Gasteiger partial charge >= 0.3 is 0 Å². The molecule has 2 aromatic rings. The summed E-state index contributed by atoms with van der Waals surface area (Å²) in [5, 5.41) is 13.4. The quantitative estimate of drug-likeness (QED) is 0.933. The molecule has 1 amide bonds. The Kier molecular flexibility index (Phi) is 4.06. The molecule has 2 fully saturated rings. The van der Waals surface area contributed by atoms with Crippen molar-refractivity contribution in [3.63, 3.8) is 0 Å². The fraction of sp³-hybridized carbons (Fsp3) is 0.500. The average molecular weight is 327 g/mol. The lowest BCUT2D eigenvalue weighted by molar-refractivity contribution is 0.0621. The molecule has 1 aliphatic carbocycles. The highest BCUT2D eigenvalue weighted by molar-refractivity contribution is 5.95. The minimum Gasteiger partial charge on any atom is -0.396 e. The number of nitrogens with zero attached hydrogens (tertiary/aromatic N) is 3. The van der Waals surface area contributed by atoms with Crippen LogP contribution in [0.15, 0.2) is 28.8 Å². The molecular weight excluding hydrogens is 306 g/mol. The molecule has 1 atom stereocenters. The van der Waals surface area contributed by atoms with Crippen molar-refractivity contribution in [2.75, 3.05) is 19.7 Å². The van der Waals surface area contributed by atoms with E-state index in [9.17, 15) is 9.90 Å². The molecule has 1 aliphatic heterocycles. The second kappa shape index (κ2) is 6.36. The third-order valence-electron chi connectivity index (χ3n) is 4.80. The Hall–Kier alpha value is -2.21. The van der Waals surface area contributed by atoms with Gasteiger partial charge in [0.15, 0.2) is 0 Å². The molecule has 6 heteroatoms. The Morgan fingerprint density at radius 2 is 2.21 bits per heavy atom. The first-order chi connectivity index (χ1) is 11.7. The standard InChI is InChI=1S/C18H21N3O3/c22-11-12-3-2-8-21(10-12)18(23)15-5-1-4-14(9-15)16-19-17(24-20-16)13-6-7-13/h1,4-5,9,12-13,22H,2-3,6-8,10-11H2. The maximum Gasteiger partial charge on any atom is 0.253 e. The fourth-order valence-corrected chi connectivity index (χ4v) is 3.22. The van der Waals surface area contributed by atoms with Crippen LogP contribution in [0.25, 0.3) is 11.4 Å². The van der Waals surface area contributed by atoms with Crippen molar-refractivity contribution in [2.45, 2.75) is 31.6 Å². The maximum atomic E-state index is 12.7. The van der Waals surface area contributed by atoms with Crippen LogP contribution in [0, 0.1) is 5.92 Å². The summed E-state index contributed by atoms with van der Waals surface area (Å²) in [6.45, 7) is 1.50. The van der Waals surface area contributed by atoms with E-state index in [2.05, 4.69) is 10.1 Å². The van der Waals surface area contributed by atoms with Crippen LogP contribution in [0.5, 0.6) is 0 Å². The molecule has 1 aromatic heterocycles. The number of rotatable bonds is 4. The van der Waals surface area contributed by atoms with Gasteiger partial charge in [0.05, 0.1) is 0 Å². The van der Waals surface area contributed by atoms with Gasteiger partial charge in [0, 0.05) is 36.7 Å². The zero-order valence-corrected chi connectivity index (χ0v) is 13.5. The Balaban J connectivity index is 1.54. The smallest absolute Gasteiger partial charge is 0.253 e. The van der Waals surface area contributed by atoms with E-state index in [0.29, 0.717) is 29.7 Å². The number of amides is 1. The lowest BCUT2D eigenvalue weighted by atomic mass is 9.98. The molecule has 6 nitrogen and oxygen atoms in total. The number of carbonyl (C=O) groups is 1. The number of benzene rings is 1. The molecule has 2 heterocycles. The number of aromatic nitrogens is 2. The van der Waals surface area contributed by atoms with E-state index in [1.165, 1.54) is 0 Å². The summed E-state index contributed by atoms with van der Waals surface area (Å²) in [5.74, 6) is 1.84. The van der Waals surface area contributed by atoms with Crippen LogP contribution in [-0.2, 0) is 0 Å². The first kappa shape index (κ1) is 15.3. The molecule has 4 rings (SSSR count). The molecule has 1 saturated heterocycles. The van der Waals surface area contributed by atoms with E-state index in [1.54, 1.807) is 0 Å². The summed E-state index contributed by atoms with van der Waals surface area (Å²) in [5.41, 5.74) is 1.43. The molecule has 0 radical (unpaired) electrons. The molecule has 1 saturated carbocycles. The Bertz CT molecular complexity index is 739. The topological polar surface area (TPSA) is 79.5 Å². The summed E-state index contributed by atoms with van der Waals surface area (Å²) in [6.07, 6.45) is 4.14. The SMILES string of the molecule is O=C(c1cccc(-c2noc(C3CC3)n2)c1)N1CCCC(CO)C1. The van der Waals surface area contributed by atoms with Gasteiger partial charge in [-0.2, -0.15) is 4.98 Å². The van der Waals surface area contributed by atoms with Crippen LogP contribution in [0.4, 0.5) is 0 Å². The van der Waals surface area contributed by atoms with Crippen LogP contribution in [0.3, 0.4) is 0 Å². The van der Waals surface area contributed by atoms with E-state index in [0.717, 1.165) is 37.8 Å². The van der Waals surface area contributed by atoms with E-state index >= 15 is 0 Å². The average Bonchev–Trinajstić information content (AvgIpc) is 3.38. The lowest BCUT2D eigenvalue weighted by Crippen LogP contribution is -2.40. The van der Waals surface area contributed by atoms with Crippen molar-refractivity contribution in [3.8, 4) is 11.4 Å². The summed E-state index contributed by atoms with van der Waals surface area (Å²) in [7, 11) is 0. The summed E-state index contributed by atoms with van der Waals surface area (Å²) in [6, 6.07) is 7.39. The van der Waals surface area contributed by atoms with Gasteiger partial charge in [-0.3, -0.25) is 4.79 Å². The van der Waals surface area contributed by atoms with E-state index in [1.807, 2.05) is 29.2 Å². The Morgan fingerprint density at radius 3 is 3.00 bits per heavy atom. The maximum absolute atomic E-state index is 12.7. The predicted octanol–water partition coefficient (Wildman–Crippen LogP) is 2.46. The Labute approximate surface area is 140 Å². The van der Waals surface area contributed by atoms with Crippen molar-refractivity contribution in [1.82, 2.24) is 15.0 Å². The van der Waals surface area contributed by atoms with Crippen molar-refractivity contribution in [1.29, 1.82) is 0 Å². The van der Waals surface area contributed by atoms with E-state index < -0.39 is 0 Å². The Morgan fingerprint density at radius 1 is 1.33 bits per heavy atom. The van der Waals surface area contributed by atoms with Gasteiger partial charge in [0.2, 0.25) is 11.7 Å². The normalized spacial score (nSPS) is 21.0. The third kappa shape index (κ3) is 3.06. The number of hydrogen-bond donors (Lipinski definition) is 1. The van der Waals surface area contributed by atoms with E-state index in [4.69, 9.17) is 4.52 Å². The number of aliphatic hydroxyl groups excluding tert-OH is 1. The first-order valence-corrected chi connectivity index (χ1v) is 8.59. The monoisotopic (exact) mass is 327 g/mol. The van der Waals surface area contributed by atoms with Gasteiger partial charge in [-0.25, -0.2) is 0 Å². The first-order valence-electron chi connectivity index (χ1n) is 8.59. The molecule has 0 spiro atoms. The van der Waals surface area contributed by atoms with Crippen LogP contribution < -0.4 is 0 Å². The molecule has 0 bridgehead atoms. The molecule has 1 unspecified atom stereocenters. The van der Waals surface area contributed by atoms with Gasteiger partial charge in [-0.05, 0) is 43.7 Å². The van der Waals surface area contributed by atoms with Gasteiger partial charge < -0.3 is 14.5 Å². The highest BCUT2D eigenvalue weighted by Gasteiger charge is 2.30. The van der Waals surface area contributed by atoms with Crippen LogP contribution in [-0.4, -0.2) is 45.8 Å². The predicted molar refractivity (Wildman–Crippen MR) is 87.4 cm³/mol. The minimum atomic E-state index is 0.000844. The zero-order chi connectivity index (χ0) is 16.5. The van der Waals surface area contributed by atoms with Crippen molar-refractivity contribution >= 4 is 5.91 Å². The molecule has 1 N–H and O–H groups in total. The number of aliphatic hydroxyl groups is 1. The van der Waals surface area contributed by atoms with Crippen molar-refractivity contribution < 1.29 is 14.4 Å². The van der Waals surface area contributed by atoms with Crippen molar-refractivity contribution in [3.05, 3.63) is 35.7 Å². The molecule has 1 aromatic carbocycles. The number of likely N-dealkylation sites (tertiary alicyclic amines) is 1. The molecule has 126 valence electrons. The zero-order valence-electron chi connectivity index (χ0n) is 13.5. The second-order valence-electron chi connectivity index (χ2n) is 6.75. The van der Waals surface area contributed by atoms with Gasteiger partial charge in [0.25, 0.3) is 5.91 Å². The van der Waals surface area contributed by atoms with Gasteiger partial charge in [-0.1, -0.05) is 17.3 Å². The highest BCUT2D eigenvalue weighted by Crippen LogP contribution is 2.39. The minimum absolute atomic E-state index is 0.000844. The largest absolute Gasteiger partial charge is 0.396 e. The third-order valence-corrected chi connectivity index (χ3v) is 4.80. The van der Waals surface area contributed by atoms with Crippen molar-refractivity contribution in [2.24, 2.45) is 5.92 Å². The van der Waals surface area contributed by atoms with Crippen LogP contribution in [0.1, 0.15) is 47.8 Å². The van der Waals surface area contributed by atoms with Gasteiger partial charge in [0.1, 0.15) is 0 Å². The molecule has 2 aliphatic rings. The van der Waals surface area contributed by atoms with Crippen LogP contribution >= 0.6 is 0 Å². The van der Waals surface area contributed by atoms with Crippen LogP contribution in [0.2, 0.25) is 0 Å². The highest BCUT2D eigenvalue weighted by atomic mass is 16.5. The fourth-order valence-electron chi connectivity index (χ4n) is 3.22.